The summed E-state index contributed by atoms with van der Waals surface area (Å²) in [6, 6.07) is 23.0. The zero-order chi connectivity index (χ0) is 27.9. The number of anilines is 1. The van der Waals surface area contributed by atoms with Gasteiger partial charge in [0.25, 0.3) is 0 Å². The first-order valence-corrected chi connectivity index (χ1v) is 15.1. The molecule has 0 aliphatic rings. The van der Waals surface area contributed by atoms with Crippen molar-refractivity contribution in [3.8, 4) is 22.8 Å². The van der Waals surface area contributed by atoms with Crippen molar-refractivity contribution in [3.63, 3.8) is 0 Å². The maximum absolute atomic E-state index is 12.8. The number of nitrogens with one attached hydrogen (secondary N) is 1. The number of para-hydroxylation sites is 1. The SMILES string of the molecule is CCCOc1ccc(-c2nnc(SCC(=O)Nc3ncc(Cc4ccc(Cl)cc4Cl)s3)n2-c2ccccc2)cc1. The standard InChI is InChI=1S/C29H25Cl2N5O2S2/c1-2-14-38-23-12-9-19(10-13-23)27-34-35-29(36(27)22-6-4-3-5-7-22)39-18-26(37)33-28-32-17-24(40-28)15-20-8-11-21(30)16-25(20)31/h3-13,16-17H,2,14-15,18H2,1H3,(H,32,33,37). The number of ether oxygens (including phenoxy) is 1. The van der Waals surface area contributed by atoms with Crippen LogP contribution < -0.4 is 10.1 Å². The third-order valence-electron chi connectivity index (χ3n) is 5.75. The number of hydrogen-bond acceptors (Lipinski definition) is 7. The van der Waals surface area contributed by atoms with Crippen molar-refractivity contribution in [2.75, 3.05) is 17.7 Å². The molecule has 0 aliphatic carbocycles. The fourth-order valence-electron chi connectivity index (χ4n) is 3.87. The summed E-state index contributed by atoms with van der Waals surface area (Å²) in [7, 11) is 0. The fourth-order valence-corrected chi connectivity index (χ4v) is 5.94. The lowest BCUT2D eigenvalue weighted by molar-refractivity contribution is -0.113. The molecule has 1 N–H and O–H groups in total. The minimum absolute atomic E-state index is 0.146. The molecule has 0 aliphatic heterocycles. The number of amides is 1. The van der Waals surface area contributed by atoms with Gasteiger partial charge in [0.15, 0.2) is 16.1 Å². The first-order valence-electron chi connectivity index (χ1n) is 12.6. The Morgan fingerprint density at radius 1 is 1.05 bits per heavy atom. The molecule has 0 unspecified atom stereocenters. The molecule has 0 radical (unpaired) electrons. The van der Waals surface area contributed by atoms with Crippen LogP contribution in [-0.4, -0.2) is 38.0 Å². The van der Waals surface area contributed by atoms with E-state index < -0.39 is 0 Å². The van der Waals surface area contributed by atoms with E-state index >= 15 is 0 Å². The van der Waals surface area contributed by atoms with Crippen molar-refractivity contribution in [3.05, 3.63) is 99.5 Å². The molecular weight excluding hydrogens is 585 g/mol. The van der Waals surface area contributed by atoms with Crippen molar-refractivity contribution >= 4 is 57.3 Å². The number of carbonyl (C=O) groups is 1. The van der Waals surface area contributed by atoms with Crippen molar-refractivity contribution in [2.45, 2.75) is 24.9 Å². The number of rotatable bonds is 11. The van der Waals surface area contributed by atoms with Gasteiger partial charge in [0.2, 0.25) is 5.91 Å². The van der Waals surface area contributed by atoms with Crippen molar-refractivity contribution in [1.29, 1.82) is 0 Å². The molecule has 40 heavy (non-hydrogen) atoms. The van der Waals surface area contributed by atoms with Gasteiger partial charge in [-0.25, -0.2) is 4.98 Å². The third kappa shape index (κ3) is 7.03. The average Bonchev–Trinajstić information content (AvgIpc) is 3.60. The lowest BCUT2D eigenvalue weighted by atomic mass is 10.1. The first kappa shape index (κ1) is 28.2. The van der Waals surface area contributed by atoms with Crippen LogP contribution >= 0.6 is 46.3 Å². The van der Waals surface area contributed by atoms with Gasteiger partial charge in [-0.15, -0.1) is 21.5 Å². The number of benzene rings is 3. The highest BCUT2D eigenvalue weighted by Gasteiger charge is 2.18. The molecule has 7 nitrogen and oxygen atoms in total. The second-order valence-electron chi connectivity index (χ2n) is 8.73. The van der Waals surface area contributed by atoms with Gasteiger partial charge in [-0.05, 0) is 60.5 Å². The van der Waals surface area contributed by atoms with Gasteiger partial charge < -0.3 is 10.1 Å². The quantitative estimate of drug-likeness (QED) is 0.154. The highest BCUT2D eigenvalue weighted by atomic mass is 35.5. The number of hydrogen-bond donors (Lipinski definition) is 1. The van der Waals surface area contributed by atoms with E-state index in [-0.39, 0.29) is 11.7 Å². The van der Waals surface area contributed by atoms with E-state index in [9.17, 15) is 4.79 Å². The van der Waals surface area contributed by atoms with E-state index in [1.807, 2.05) is 65.2 Å². The minimum Gasteiger partial charge on any atom is -0.494 e. The Labute approximate surface area is 250 Å². The van der Waals surface area contributed by atoms with Gasteiger partial charge in [0.05, 0.1) is 12.4 Å². The number of carbonyl (C=O) groups excluding carboxylic acids is 1. The van der Waals surface area contributed by atoms with Crippen LogP contribution in [0.25, 0.3) is 17.1 Å². The predicted octanol–water partition coefficient (Wildman–Crippen LogP) is 7.81. The predicted molar refractivity (Wildman–Crippen MR) is 163 cm³/mol. The number of halogens is 2. The maximum Gasteiger partial charge on any atom is 0.236 e. The highest BCUT2D eigenvalue weighted by Crippen LogP contribution is 2.30. The van der Waals surface area contributed by atoms with Crippen LogP contribution in [0, 0.1) is 0 Å². The summed E-state index contributed by atoms with van der Waals surface area (Å²) in [6.07, 6.45) is 3.29. The maximum atomic E-state index is 12.8. The van der Waals surface area contributed by atoms with Crippen LogP contribution in [0.3, 0.4) is 0 Å². The van der Waals surface area contributed by atoms with E-state index in [4.69, 9.17) is 27.9 Å². The van der Waals surface area contributed by atoms with E-state index in [1.54, 1.807) is 18.3 Å². The van der Waals surface area contributed by atoms with E-state index in [0.717, 1.165) is 33.9 Å². The molecule has 5 rings (SSSR count). The smallest absolute Gasteiger partial charge is 0.236 e. The van der Waals surface area contributed by atoms with Gasteiger partial charge in [0.1, 0.15) is 5.75 Å². The lowest BCUT2D eigenvalue weighted by Crippen LogP contribution is -2.14. The molecule has 0 fully saturated rings. The van der Waals surface area contributed by atoms with Gasteiger partial charge in [0, 0.05) is 38.8 Å². The van der Waals surface area contributed by atoms with Crippen molar-refractivity contribution < 1.29 is 9.53 Å². The zero-order valence-electron chi connectivity index (χ0n) is 21.5. The van der Waals surface area contributed by atoms with Crippen LogP contribution in [0.2, 0.25) is 10.0 Å². The summed E-state index contributed by atoms with van der Waals surface area (Å²) >= 11 is 15.0. The van der Waals surface area contributed by atoms with E-state index in [2.05, 4.69) is 27.4 Å². The Bertz CT molecular complexity index is 1590. The van der Waals surface area contributed by atoms with Crippen molar-refractivity contribution in [2.24, 2.45) is 0 Å². The third-order valence-corrected chi connectivity index (χ3v) is 8.17. The van der Waals surface area contributed by atoms with Crippen LogP contribution in [0.4, 0.5) is 5.13 Å². The summed E-state index contributed by atoms with van der Waals surface area (Å²) in [5.74, 6) is 1.45. The molecule has 3 aromatic carbocycles. The Balaban J connectivity index is 1.27. The van der Waals surface area contributed by atoms with Crippen LogP contribution in [0.1, 0.15) is 23.8 Å². The molecule has 0 spiro atoms. The van der Waals surface area contributed by atoms with Gasteiger partial charge in [-0.1, -0.05) is 66.2 Å². The molecule has 5 aromatic rings. The summed E-state index contributed by atoms with van der Waals surface area (Å²) in [6.45, 7) is 2.74. The summed E-state index contributed by atoms with van der Waals surface area (Å²) < 4.78 is 7.67. The van der Waals surface area contributed by atoms with Gasteiger partial charge in [-0.2, -0.15) is 0 Å². The summed E-state index contributed by atoms with van der Waals surface area (Å²) in [5, 5.41) is 14.1. The van der Waals surface area contributed by atoms with Gasteiger partial charge in [-0.3, -0.25) is 9.36 Å². The second kappa shape index (κ2) is 13.3. The Kier molecular flexibility index (Phi) is 9.38. The molecule has 0 bridgehead atoms. The molecule has 0 atom stereocenters. The molecular formula is C29H25Cl2N5O2S2. The number of aromatic nitrogens is 4. The Morgan fingerprint density at radius 2 is 1.85 bits per heavy atom. The van der Waals surface area contributed by atoms with Crippen LogP contribution in [0.15, 0.2) is 84.1 Å². The zero-order valence-corrected chi connectivity index (χ0v) is 24.7. The topological polar surface area (TPSA) is 81.9 Å². The second-order valence-corrected chi connectivity index (χ2v) is 11.6. The van der Waals surface area contributed by atoms with E-state index in [1.165, 1.54) is 23.1 Å². The molecule has 2 aromatic heterocycles. The normalized spacial score (nSPS) is 11.0. The Morgan fingerprint density at radius 3 is 2.60 bits per heavy atom. The number of thiazole rings is 1. The highest BCUT2D eigenvalue weighted by molar-refractivity contribution is 7.99. The summed E-state index contributed by atoms with van der Waals surface area (Å²) in [4.78, 5) is 18.2. The van der Waals surface area contributed by atoms with Crippen LogP contribution in [-0.2, 0) is 11.2 Å². The molecule has 0 saturated carbocycles. The first-order chi connectivity index (χ1) is 19.5. The Hall–Kier alpha value is -3.37. The molecule has 11 heteroatoms. The van der Waals surface area contributed by atoms with Crippen molar-refractivity contribution in [1.82, 2.24) is 19.7 Å². The van der Waals surface area contributed by atoms with E-state index in [0.29, 0.717) is 39.2 Å². The summed E-state index contributed by atoms with van der Waals surface area (Å²) in [5.41, 5.74) is 2.75. The largest absolute Gasteiger partial charge is 0.494 e. The van der Waals surface area contributed by atoms with Crippen LogP contribution in [0.5, 0.6) is 5.75 Å². The van der Waals surface area contributed by atoms with Gasteiger partial charge >= 0.3 is 0 Å². The molecule has 1 amide bonds. The number of thioether (sulfide) groups is 1. The fraction of sp³-hybridized carbons (Fsp3) is 0.172. The lowest BCUT2D eigenvalue weighted by Gasteiger charge is -2.11. The molecule has 0 saturated heterocycles. The molecule has 204 valence electrons. The molecule has 2 heterocycles. The number of nitrogens with zero attached hydrogens (tertiary/aromatic N) is 4. The monoisotopic (exact) mass is 609 g/mol. The average molecular weight is 611 g/mol. The minimum atomic E-state index is -0.183.